The third-order valence-corrected chi connectivity index (χ3v) is 6.54. The molecule has 1 saturated carbocycles. The Morgan fingerprint density at radius 3 is 2.61 bits per heavy atom. The molecule has 2 fully saturated rings. The standard InChI is InChI=1S/C20H32O3/c1-12(2)14-8-10-19(4,21)17-15-11-13(3)7-6-9-20(5,22)18(23-15)16(14)17/h7,14-18,21-22H,1,6,8-11H2,2-5H3/b13-7-/t14-,15+,16-,17-,18+,19+,20-/m1/s1. The van der Waals surface area contributed by atoms with Gasteiger partial charge in [-0.15, -0.1) is 0 Å². The van der Waals surface area contributed by atoms with E-state index in [1.54, 1.807) is 0 Å². The number of hydrogen-bond donors (Lipinski definition) is 2. The summed E-state index contributed by atoms with van der Waals surface area (Å²) >= 11 is 0. The highest BCUT2D eigenvalue weighted by molar-refractivity contribution is 5.17. The van der Waals surface area contributed by atoms with Gasteiger partial charge < -0.3 is 14.9 Å². The summed E-state index contributed by atoms with van der Waals surface area (Å²) in [6, 6.07) is 0. The van der Waals surface area contributed by atoms with E-state index in [4.69, 9.17) is 4.74 Å². The number of ether oxygens (including phenoxy) is 1. The molecule has 7 atom stereocenters. The van der Waals surface area contributed by atoms with E-state index in [-0.39, 0.29) is 24.0 Å². The van der Waals surface area contributed by atoms with Gasteiger partial charge in [0.05, 0.1) is 23.4 Å². The summed E-state index contributed by atoms with van der Waals surface area (Å²) < 4.78 is 6.44. The smallest absolute Gasteiger partial charge is 0.0901 e. The molecule has 2 aliphatic heterocycles. The monoisotopic (exact) mass is 320 g/mol. The van der Waals surface area contributed by atoms with Crippen molar-refractivity contribution in [3.05, 3.63) is 23.8 Å². The van der Waals surface area contributed by atoms with Gasteiger partial charge >= 0.3 is 0 Å². The highest BCUT2D eigenvalue weighted by Gasteiger charge is 2.60. The van der Waals surface area contributed by atoms with E-state index in [2.05, 4.69) is 26.5 Å². The molecule has 3 nitrogen and oxygen atoms in total. The van der Waals surface area contributed by atoms with Crippen LogP contribution in [0.2, 0.25) is 0 Å². The van der Waals surface area contributed by atoms with Gasteiger partial charge in [0.2, 0.25) is 0 Å². The molecule has 0 aromatic carbocycles. The molecule has 3 aliphatic rings. The van der Waals surface area contributed by atoms with Gasteiger partial charge in [0, 0.05) is 11.8 Å². The molecule has 2 N–H and O–H groups in total. The zero-order valence-electron chi connectivity index (χ0n) is 15.0. The van der Waals surface area contributed by atoms with Crippen LogP contribution in [0, 0.1) is 17.8 Å². The average molecular weight is 320 g/mol. The maximum Gasteiger partial charge on any atom is 0.0901 e. The van der Waals surface area contributed by atoms with Gasteiger partial charge in [-0.25, -0.2) is 0 Å². The molecule has 0 aromatic rings. The fraction of sp³-hybridized carbons (Fsp3) is 0.800. The molecular weight excluding hydrogens is 288 g/mol. The van der Waals surface area contributed by atoms with Crippen LogP contribution in [0.3, 0.4) is 0 Å². The molecular formula is C20H32O3. The van der Waals surface area contributed by atoms with Crippen molar-refractivity contribution in [2.75, 3.05) is 0 Å². The lowest BCUT2D eigenvalue weighted by molar-refractivity contribution is -0.113. The molecule has 2 bridgehead atoms. The summed E-state index contributed by atoms with van der Waals surface area (Å²) in [5.74, 6) is 0.545. The number of rotatable bonds is 1. The molecule has 1 saturated heterocycles. The van der Waals surface area contributed by atoms with Gasteiger partial charge in [0.1, 0.15) is 0 Å². The highest BCUT2D eigenvalue weighted by Crippen LogP contribution is 2.56. The van der Waals surface area contributed by atoms with Crippen molar-refractivity contribution in [1.82, 2.24) is 0 Å². The third kappa shape index (κ3) is 2.92. The Labute approximate surface area is 140 Å². The predicted molar refractivity (Wildman–Crippen MR) is 92.0 cm³/mol. The first-order valence-corrected chi connectivity index (χ1v) is 9.05. The van der Waals surface area contributed by atoms with Crippen LogP contribution in [0.5, 0.6) is 0 Å². The maximum atomic E-state index is 11.1. The number of hydrogen-bond acceptors (Lipinski definition) is 3. The molecule has 3 heteroatoms. The molecule has 0 spiro atoms. The first-order chi connectivity index (χ1) is 10.6. The second-order valence-corrected chi connectivity index (χ2v) is 8.70. The van der Waals surface area contributed by atoms with Crippen molar-refractivity contribution in [1.29, 1.82) is 0 Å². The Bertz CT molecular complexity index is 517. The summed E-state index contributed by atoms with van der Waals surface area (Å²) in [6.45, 7) is 12.3. The number of allylic oxidation sites excluding steroid dienone is 2. The molecule has 2 heterocycles. The minimum atomic E-state index is -0.861. The molecule has 1 aliphatic carbocycles. The van der Waals surface area contributed by atoms with Crippen molar-refractivity contribution < 1.29 is 14.9 Å². The van der Waals surface area contributed by atoms with Gasteiger partial charge in [-0.3, -0.25) is 0 Å². The Hall–Kier alpha value is -0.640. The molecule has 0 aromatic heterocycles. The van der Waals surface area contributed by atoms with Crippen LogP contribution in [0.15, 0.2) is 23.8 Å². The van der Waals surface area contributed by atoms with E-state index in [9.17, 15) is 10.2 Å². The predicted octanol–water partition coefficient (Wildman–Crippen LogP) is 3.60. The van der Waals surface area contributed by atoms with Gasteiger partial charge in [-0.05, 0) is 65.7 Å². The Morgan fingerprint density at radius 1 is 1.26 bits per heavy atom. The summed E-state index contributed by atoms with van der Waals surface area (Å²) in [7, 11) is 0. The summed E-state index contributed by atoms with van der Waals surface area (Å²) in [5.41, 5.74) is 0.871. The second-order valence-electron chi connectivity index (χ2n) is 8.70. The maximum absolute atomic E-state index is 11.1. The largest absolute Gasteiger partial charge is 0.390 e. The Balaban J connectivity index is 2.06. The van der Waals surface area contributed by atoms with Crippen LogP contribution >= 0.6 is 0 Å². The quantitative estimate of drug-likeness (QED) is 0.726. The van der Waals surface area contributed by atoms with Gasteiger partial charge in [-0.1, -0.05) is 23.8 Å². The van der Waals surface area contributed by atoms with Crippen molar-refractivity contribution in [3.8, 4) is 0 Å². The minimum Gasteiger partial charge on any atom is -0.390 e. The summed E-state index contributed by atoms with van der Waals surface area (Å²) in [4.78, 5) is 0. The molecule has 130 valence electrons. The van der Waals surface area contributed by atoms with Gasteiger partial charge in [-0.2, -0.15) is 0 Å². The molecule has 23 heavy (non-hydrogen) atoms. The first kappa shape index (κ1) is 17.2. The van der Waals surface area contributed by atoms with Crippen LogP contribution < -0.4 is 0 Å². The topological polar surface area (TPSA) is 49.7 Å². The first-order valence-electron chi connectivity index (χ1n) is 9.05. The zero-order valence-corrected chi connectivity index (χ0v) is 15.0. The van der Waals surface area contributed by atoms with E-state index in [0.717, 1.165) is 31.3 Å². The minimum absolute atomic E-state index is 0.0111. The van der Waals surface area contributed by atoms with E-state index < -0.39 is 11.2 Å². The van der Waals surface area contributed by atoms with Gasteiger partial charge in [0.25, 0.3) is 0 Å². The average Bonchev–Trinajstić information content (AvgIpc) is 2.80. The van der Waals surface area contributed by atoms with Crippen molar-refractivity contribution >= 4 is 0 Å². The van der Waals surface area contributed by atoms with Crippen LogP contribution in [0.1, 0.15) is 59.8 Å². The zero-order chi connectivity index (χ0) is 17.0. The lowest BCUT2D eigenvalue weighted by Crippen LogP contribution is -2.53. The van der Waals surface area contributed by atoms with Crippen LogP contribution in [-0.2, 0) is 4.74 Å². The van der Waals surface area contributed by atoms with Crippen molar-refractivity contribution in [2.24, 2.45) is 17.8 Å². The molecule has 3 rings (SSSR count). The number of fused-ring (bicyclic) bond motifs is 5. The van der Waals surface area contributed by atoms with E-state index in [1.807, 2.05) is 13.8 Å². The van der Waals surface area contributed by atoms with E-state index in [1.165, 1.54) is 5.57 Å². The summed E-state index contributed by atoms with van der Waals surface area (Å²) in [5, 5.41) is 22.2. The van der Waals surface area contributed by atoms with Crippen LogP contribution in [-0.4, -0.2) is 33.6 Å². The van der Waals surface area contributed by atoms with Crippen molar-refractivity contribution in [3.63, 3.8) is 0 Å². The van der Waals surface area contributed by atoms with Gasteiger partial charge in [0.15, 0.2) is 0 Å². The van der Waals surface area contributed by atoms with E-state index >= 15 is 0 Å². The summed E-state index contributed by atoms with van der Waals surface area (Å²) in [6.07, 6.45) is 6.15. The van der Waals surface area contributed by atoms with E-state index in [0.29, 0.717) is 12.3 Å². The number of aliphatic hydroxyl groups is 2. The Morgan fingerprint density at radius 2 is 1.96 bits per heavy atom. The molecule has 0 radical (unpaired) electrons. The Kier molecular flexibility index (Phi) is 4.27. The lowest BCUT2D eigenvalue weighted by Gasteiger charge is -2.47. The lowest BCUT2D eigenvalue weighted by atomic mass is 9.59. The molecule has 0 amide bonds. The normalized spacial score (nSPS) is 52.6. The van der Waals surface area contributed by atoms with Crippen LogP contribution in [0.4, 0.5) is 0 Å². The third-order valence-electron chi connectivity index (χ3n) is 6.54. The SMILES string of the molecule is C=C(C)[C@H]1CC[C@](C)(O)[C@H]2[C@@H]1[C@@H]1O[C@H]2C/C(C)=C\CC[C@@]1(C)O. The fourth-order valence-electron chi connectivity index (χ4n) is 5.35. The molecule has 0 unspecified atom stereocenters. The fourth-order valence-corrected chi connectivity index (χ4v) is 5.35. The van der Waals surface area contributed by atoms with Crippen LogP contribution in [0.25, 0.3) is 0 Å². The second kappa shape index (κ2) is 5.72. The van der Waals surface area contributed by atoms with Crippen molar-refractivity contribution in [2.45, 2.75) is 83.2 Å². The highest BCUT2D eigenvalue weighted by atomic mass is 16.5.